The van der Waals surface area contributed by atoms with Crippen molar-refractivity contribution in [1.82, 2.24) is 5.48 Å². The van der Waals surface area contributed by atoms with Crippen molar-refractivity contribution < 1.29 is 14.4 Å². The zero-order valence-corrected chi connectivity index (χ0v) is 12.3. The van der Waals surface area contributed by atoms with Crippen LogP contribution in [0.3, 0.4) is 0 Å². The number of alkyl halides is 1. The topological polar surface area (TPSA) is 55.4 Å². The quantitative estimate of drug-likeness (QED) is 0.683. The number of hydroxylamine groups is 1. The van der Waals surface area contributed by atoms with E-state index in [9.17, 15) is 9.59 Å². The van der Waals surface area contributed by atoms with Crippen LogP contribution in [0.1, 0.15) is 25.8 Å². The van der Waals surface area contributed by atoms with Gasteiger partial charge in [-0.15, -0.1) is 0 Å². The summed E-state index contributed by atoms with van der Waals surface area (Å²) in [6, 6.07) is 6.84. The molecule has 0 aliphatic rings. The molecule has 0 aliphatic carbocycles. The molecule has 1 atom stereocenters. The number of halogens is 2. The molecule has 1 aromatic rings. The number of carbonyl (C=O) groups excluding carboxylic acids is 2. The van der Waals surface area contributed by atoms with Gasteiger partial charge in [0.2, 0.25) is 5.91 Å². The summed E-state index contributed by atoms with van der Waals surface area (Å²) in [5.41, 5.74) is 2.73. The molecular weight excluding hydrogens is 321 g/mol. The highest BCUT2D eigenvalue weighted by atomic mass is 79.9. The highest BCUT2D eigenvalue weighted by molar-refractivity contribution is 9.10. The lowest BCUT2D eigenvalue weighted by Gasteiger charge is -2.23. The van der Waals surface area contributed by atoms with E-state index in [4.69, 9.17) is 16.4 Å². The predicted molar refractivity (Wildman–Crippen MR) is 72.3 cm³/mol. The minimum Gasteiger partial charge on any atom is -0.339 e. The fraction of sp³-hybridized carbons (Fsp3) is 0.333. The minimum atomic E-state index is -1.000. The molecule has 0 bridgehead atoms. The van der Waals surface area contributed by atoms with Gasteiger partial charge in [0, 0.05) is 11.9 Å². The van der Waals surface area contributed by atoms with Gasteiger partial charge in [-0.05, 0) is 24.1 Å². The average molecular weight is 335 g/mol. The third-order valence-corrected chi connectivity index (χ3v) is 3.99. The molecule has 1 N–H and O–H groups in total. The first-order valence-electron chi connectivity index (χ1n) is 5.33. The Bertz CT molecular complexity index is 449. The van der Waals surface area contributed by atoms with Crippen LogP contribution >= 0.6 is 27.5 Å². The third-order valence-electron chi connectivity index (χ3n) is 2.40. The number of carbonyl (C=O) groups is 2. The van der Waals surface area contributed by atoms with E-state index in [1.165, 1.54) is 6.92 Å². The maximum atomic E-state index is 12.0. The molecule has 1 aromatic carbocycles. The molecule has 0 fully saturated rings. The summed E-state index contributed by atoms with van der Waals surface area (Å²) >= 11 is 9.16. The molecule has 1 rings (SSSR count). The summed E-state index contributed by atoms with van der Waals surface area (Å²) in [5.74, 6) is -1.02. The highest BCUT2D eigenvalue weighted by Crippen LogP contribution is 2.36. The van der Waals surface area contributed by atoms with Gasteiger partial charge in [0.05, 0.1) is 0 Å². The molecule has 0 radical (unpaired) electrons. The van der Waals surface area contributed by atoms with Gasteiger partial charge in [-0.1, -0.05) is 46.6 Å². The standard InChI is InChI=1S/C12H13BrClNO3/c1-3-12(13,11(17)18-15-8(2)16)9-4-6-10(14)7-5-9/h4-7H,3H2,1-2H3,(H,15,16). The Morgan fingerprint density at radius 3 is 2.39 bits per heavy atom. The van der Waals surface area contributed by atoms with E-state index >= 15 is 0 Å². The summed E-state index contributed by atoms with van der Waals surface area (Å²) < 4.78 is -1.000. The van der Waals surface area contributed by atoms with Gasteiger partial charge in [0.15, 0.2) is 0 Å². The third kappa shape index (κ3) is 3.46. The normalized spacial score (nSPS) is 13.6. The van der Waals surface area contributed by atoms with Crippen molar-refractivity contribution in [2.24, 2.45) is 0 Å². The average Bonchev–Trinajstić information content (AvgIpc) is 2.35. The van der Waals surface area contributed by atoms with Crippen LogP contribution in [0.15, 0.2) is 24.3 Å². The Balaban J connectivity index is 2.93. The van der Waals surface area contributed by atoms with Crippen molar-refractivity contribution in [1.29, 1.82) is 0 Å². The molecule has 6 heteroatoms. The van der Waals surface area contributed by atoms with Gasteiger partial charge in [-0.3, -0.25) is 4.79 Å². The first kappa shape index (κ1) is 15.0. The molecule has 18 heavy (non-hydrogen) atoms. The van der Waals surface area contributed by atoms with Crippen molar-refractivity contribution in [2.75, 3.05) is 0 Å². The summed E-state index contributed by atoms with van der Waals surface area (Å²) in [5, 5.41) is 0.583. The molecule has 0 aliphatic heterocycles. The molecule has 1 amide bonds. The molecule has 0 saturated carbocycles. The number of amides is 1. The predicted octanol–water partition coefficient (Wildman–Crippen LogP) is 2.93. The Kier molecular flexibility index (Phi) is 5.16. The molecule has 0 spiro atoms. The second-order valence-corrected chi connectivity index (χ2v) is 5.50. The van der Waals surface area contributed by atoms with Crippen molar-refractivity contribution in [3.63, 3.8) is 0 Å². The molecule has 98 valence electrons. The number of rotatable bonds is 3. The number of benzene rings is 1. The zero-order chi connectivity index (χ0) is 13.8. The zero-order valence-electron chi connectivity index (χ0n) is 10.00. The van der Waals surface area contributed by atoms with E-state index in [0.717, 1.165) is 0 Å². The molecule has 1 unspecified atom stereocenters. The van der Waals surface area contributed by atoms with Crippen molar-refractivity contribution in [3.05, 3.63) is 34.9 Å². The van der Waals surface area contributed by atoms with Gasteiger partial charge in [-0.25, -0.2) is 4.79 Å². The Morgan fingerprint density at radius 2 is 1.94 bits per heavy atom. The van der Waals surface area contributed by atoms with E-state index in [2.05, 4.69) is 15.9 Å². The second kappa shape index (κ2) is 6.20. The lowest BCUT2D eigenvalue weighted by Crippen LogP contribution is -2.36. The second-order valence-electron chi connectivity index (χ2n) is 3.71. The molecule has 0 heterocycles. The van der Waals surface area contributed by atoms with Gasteiger partial charge < -0.3 is 4.84 Å². The van der Waals surface area contributed by atoms with Crippen LogP contribution in [0, 0.1) is 0 Å². The van der Waals surface area contributed by atoms with Crippen molar-refractivity contribution >= 4 is 39.4 Å². The van der Waals surface area contributed by atoms with Crippen LogP contribution < -0.4 is 5.48 Å². The fourth-order valence-electron chi connectivity index (χ4n) is 1.38. The Morgan fingerprint density at radius 1 is 1.39 bits per heavy atom. The lowest BCUT2D eigenvalue weighted by molar-refractivity contribution is -0.160. The van der Waals surface area contributed by atoms with Gasteiger partial charge in [-0.2, -0.15) is 5.48 Å². The summed E-state index contributed by atoms with van der Waals surface area (Å²) in [6.45, 7) is 3.09. The number of hydrogen-bond donors (Lipinski definition) is 1. The largest absolute Gasteiger partial charge is 0.353 e. The number of hydrogen-bond acceptors (Lipinski definition) is 3. The summed E-state index contributed by atoms with van der Waals surface area (Å²) in [4.78, 5) is 27.4. The van der Waals surface area contributed by atoms with Crippen LogP contribution in [0.4, 0.5) is 0 Å². The Hall–Kier alpha value is -1.07. The molecular formula is C12H13BrClNO3. The minimum absolute atomic E-state index is 0.439. The van der Waals surface area contributed by atoms with E-state index in [1.54, 1.807) is 24.3 Å². The van der Waals surface area contributed by atoms with Crippen LogP contribution in [0.2, 0.25) is 5.02 Å². The summed E-state index contributed by atoms with van der Waals surface area (Å²) in [7, 11) is 0. The van der Waals surface area contributed by atoms with E-state index in [-0.39, 0.29) is 0 Å². The number of nitrogens with one attached hydrogen (secondary N) is 1. The maximum absolute atomic E-state index is 12.0. The first-order valence-corrected chi connectivity index (χ1v) is 6.50. The van der Waals surface area contributed by atoms with Crippen LogP contribution in [-0.2, 0) is 18.8 Å². The van der Waals surface area contributed by atoms with Crippen LogP contribution in [0.5, 0.6) is 0 Å². The van der Waals surface area contributed by atoms with E-state index in [0.29, 0.717) is 17.0 Å². The Labute approximate surface area is 119 Å². The fourth-order valence-corrected chi connectivity index (χ4v) is 1.85. The molecule has 0 saturated heterocycles. The van der Waals surface area contributed by atoms with Crippen LogP contribution in [-0.4, -0.2) is 11.9 Å². The highest BCUT2D eigenvalue weighted by Gasteiger charge is 2.38. The molecule has 4 nitrogen and oxygen atoms in total. The first-order chi connectivity index (χ1) is 8.40. The van der Waals surface area contributed by atoms with Crippen molar-refractivity contribution in [3.8, 4) is 0 Å². The van der Waals surface area contributed by atoms with Gasteiger partial charge in [0.25, 0.3) is 0 Å². The van der Waals surface area contributed by atoms with E-state index in [1.807, 2.05) is 12.4 Å². The SMILES string of the molecule is CCC(Br)(C(=O)ONC(C)=O)c1ccc(Cl)cc1. The van der Waals surface area contributed by atoms with Crippen molar-refractivity contribution in [2.45, 2.75) is 24.6 Å². The molecule has 0 aromatic heterocycles. The lowest BCUT2D eigenvalue weighted by atomic mass is 9.96. The maximum Gasteiger partial charge on any atom is 0.353 e. The van der Waals surface area contributed by atoms with Gasteiger partial charge >= 0.3 is 5.97 Å². The van der Waals surface area contributed by atoms with Crippen LogP contribution in [0.25, 0.3) is 0 Å². The summed E-state index contributed by atoms with van der Waals surface area (Å²) in [6.07, 6.45) is 0.465. The smallest absolute Gasteiger partial charge is 0.339 e. The monoisotopic (exact) mass is 333 g/mol. The van der Waals surface area contributed by atoms with Gasteiger partial charge in [0.1, 0.15) is 4.32 Å². The van der Waals surface area contributed by atoms with E-state index < -0.39 is 16.2 Å².